The van der Waals surface area contributed by atoms with E-state index in [4.69, 9.17) is 4.74 Å². The number of nitrogens with zero attached hydrogens (tertiary/aromatic N) is 1. The van der Waals surface area contributed by atoms with E-state index < -0.39 is 23.7 Å². The number of ether oxygens (including phenoxy) is 1. The number of hydrogen-bond donors (Lipinski definition) is 1. The van der Waals surface area contributed by atoms with Gasteiger partial charge in [-0.05, 0) is 43.7 Å². The van der Waals surface area contributed by atoms with Crippen LogP contribution in [0.25, 0.3) is 0 Å². The number of carbonyl (C=O) groups excluding carboxylic acids is 3. The Balaban J connectivity index is 2.04. The molecule has 0 saturated carbocycles. The normalized spacial score (nSPS) is 16.6. The second-order valence-electron chi connectivity index (χ2n) is 6.07. The first-order valence-corrected chi connectivity index (χ1v) is 8.55. The molecule has 1 heterocycles. The van der Waals surface area contributed by atoms with E-state index in [9.17, 15) is 19.5 Å². The molecule has 1 aliphatic rings. The van der Waals surface area contributed by atoms with Gasteiger partial charge >= 0.3 is 5.97 Å². The highest BCUT2D eigenvalue weighted by molar-refractivity contribution is 6.16. The standard InChI is InChI=1S/C21H19NO5/c1-3-27-21(26)15-9-11-16(12-10-15)22-18(14-7-5-4-6-8-14)17(13(2)23)19(24)20(22)25/h4-12,18,24H,3H2,1-2H3/t18-/m1/s1. The minimum atomic E-state index is -0.732. The van der Waals surface area contributed by atoms with E-state index in [1.165, 1.54) is 11.8 Å². The average Bonchev–Trinajstić information content (AvgIpc) is 2.94. The molecule has 0 aliphatic carbocycles. The molecule has 2 aromatic carbocycles. The number of anilines is 1. The molecule has 0 bridgehead atoms. The number of ketones is 1. The van der Waals surface area contributed by atoms with Crippen LogP contribution in [0.5, 0.6) is 0 Å². The maximum absolute atomic E-state index is 12.7. The maximum Gasteiger partial charge on any atom is 0.338 e. The quantitative estimate of drug-likeness (QED) is 0.822. The zero-order valence-electron chi connectivity index (χ0n) is 15.0. The Bertz CT molecular complexity index is 915. The van der Waals surface area contributed by atoms with Gasteiger partial charge in [-0.1, -0.05) is 30.3 Å². The molecule has 1 aliphatic heterocycles. The minimum Gasteiger partial charge on any atom is -0.503 e. The summed E-state index contributed by atoms with van der Waals surface area (Å²) in [5, 5.41) is 10.3. The highest BCUT2D eigenvalue weighted by Crippen LogP contribution is 2.40. The number of aliphatic hydroxyl groups is 1. The summed E-state index contributed by atoms with van der Waals surface area (Å²) in [6.45, 7) is 3.31. The first-order chi connectivity index (χ1) is 13.0. The highest BCUT2D eigenvalue weighted by Gasteiger charge is 2.43. The summed E-state index contributed by atoms with van der Waals surface area (Å²) in [5.74, 6) is -2.04. The van der Waals surface area contributed by atoms with Crippen molar-refractivity contribution >= 4 is 23.3 Å². The summed E-state index contributed by atoms with van der Waals surface area (Å²) in [7, 11) is 0. The first-order valence-electron chi connectivity index (χ1n) is 8.55. The van der Waals surface area contributed by atoms with Gasteiger partial charge in [-0.3, -0.25) is 14.5 Å². The van der Waals surface area contributed by atoms with Gasteiger partial charge in [-0.15, -0.1) is 0 Å². The third-order valence-electron chi connectivity index (χ3n) is 4.36. The molecule has 1 amide bonds. The minimum absolute atomic E-state index is 0.0562. The lowest BCUT2D eigenvalue weighted by Gasteiger charge is -2.26. The largest absolute Gasteiger partial charge is 0.503 e. The molecule has 0 fully saturated rings. The van der Waals surface area contributed by atoms with Crippen LogP contribution in [0.4, 0.5) is 5.69 Å². The number of benzene rings is 2. The smallest absolute Gasteiger partial charge is 0.338 e. The Kier molecular flexibility index (Phi) is 5.07. The Morgan fingerprint density at radius 3 is 2.26 bits per heavy atom. The van der Waals surface area contributed by atoms with Crippen LogP contribution < -0.4 is 4.90 Å². The van der Waals surface area contributed by atoms with Crippen LogP contribution in [-0.4, -0.2) is 29.4 Å². The molecule has 6 heteroatoms. The molecule has 6 nitrogen and oxygen atoms in total. The molecule has 0 saturated heterocycles. The van der Waals surface area contributed by atoms with Gasteiger partial charge in [-0.2, -0.15) is 0 Å². The van der Waals surface area contributed by atoms with Gasteiger partial charge in [-0.25, -0.2) is 4.79 Å². The van der Waals surface area contributed by atoms with Crippen molar-refractivity contribution in [2.24, 2.45) is 0 Å². The molecular weight excluding hydrogens is 346 g/mol. The van der Waals surface area contributed by atoms with Crippen molar-refractivity contribution in [1.82, 2.24) is 0 Å². The van der Waals surface area contributed by atoms with Crippen LogP contribution in [-0.2, 0) is 14.3 Å². The van der Waals surface area contributed by atoms with Crippen LogP contribution in [0, 0.1) is 0 Å². The zero-order chi connectivity index (χ0) is 19.6. The fourth-order valence-corrected chi connectivity index (χ4v) is 3.15. The highest BCUT2D eigenvalue weighted by atomic mass is 16.5. The number of Topliss-reactive ketones (excluding diaryl/α,β-unsaturated/α-hetero) is 1. The number of amides is 1. The molecule has 0 radical (unpaired) electrons. The monoisotopic (exact) mass is 365 g/mol. The summed E-state index contributed by atoms with van der Waals surface area (Å²) >= 11 is 0. The van der Waals surface area contributed by atoms with Crippen LogP contribution >= 0.6 is 0 Å². The third-order valence-corrected chi connectivity index (χ3v) is 4.36. The summed E-state index contributed by atoms with van der Waals surface area (Å²) in [5.41, 5.74) is 1.58. The number of hydrogen-bond acceptors (Lipinski definition) is 5. The molecule has 0 spiro atoms. The summed E-state index contributed by atoms with van der Waals surface area (Å²) in [6.07, 6.45) is 0. The zero-order valence-corrected chi connectivity index (χ0v) is 15.0. The van der Waals surface area contributed by atoms with E-state index in [0.717, 1.165) is 0 Å². The maximum atomic E-state index is 12.7. The lowest BCUT2D eigenvalue weighted by atomic mass is 9.96. The van der Waals surface area contributed by atoms with Crippen molar-refractivity contribution in [2.75, 3.05) is 11.5 Å². The van der Waals surface area contributed by atoms with Gasteiger partial charge < -0.3 is 9.84 Å². The van der Waals surface area contributed by atoms with Crippen LogP contribution in [0.2, 0.25) is 0 Å². The van der Waals surface area contributed by atoms with E-state index in [1.54, 1.807) is 55.5 Å². The summed E-state index contributed by atoms with van der Waals surface area (Å²) in [6, 6.07) is 14.6. The second-order valence-corrected chi connectivity index (χ2v) is 6.07. The van der Waals surface area contributed by atoms with Crippen LogP contribution in [0.3, 0.4) is 0 Å². The van der Waals surface area contributed by atoms with Crippen molar-refractivity contribution in [2.45, 2.75) is 19.9 Å². The van der Waals surface area contributed by atoms with Crippen molar-refractivity contribution in [1.29, 1.82) is 0 Å². The van der Waals surface area contributed by atoms with Crippen molar-refractivity contribution in [3.8, 4) is 0 Å². The second kappa shape index (κ2) is 7.45. The SMILES string of the molecule is CCOC(=O)c1ccc(N2C(=O)C(O)=C(C(C)=O)[C@H]2c2ccccc2)cc1. The van der Waals surface area contributed by atoms with Gasteiger partial charge in [0.1, 0.15) is 0 Å². The van der Waals surface area contributed by atoms with E-state index in [-0.39, 0.29) is 18.0 Å². The first kappa shape index (κ1) is 18.4. The molecule has 27 heavy (non-hydrogen) atoms. The number of rotatable bonds is 5. The fraction of sp³-hybridized carbons (Fsp3) is 0.190. The van der Waals surface area contributed by atoms with E-state index in [0.29, 0.717) is 16.8 Å². The number of carbonyl (C=O) groups is 3. The molecule has 1 atom stereocenters. The van der Waals surface area contributed by atoms with Crippen LogP contribution in [0.1, 0.15) is 35.8 Å². The van der Waals surface area contributed by atoms with Gasteiger partial charge in [0, 0.05) is 5.69 Å². The van der Waals surface area contributed by atoms with Gasteiger partial charge in [0.15, 0.2) is 11.5 Å². The topological polar surface area (TPSA) is 83.9 Å². The van der Waals surface area contributed by atoms with Gasteiger partial charge in [0.25, 0.3) is 5.91 Å². The lowest BCUT2D eigenvalue weighted by molar-refractivity contribution is -0.117. The van der Waals surface area contributed by atoms with Crippen molar-refractivity contribution in [3.05, 3.63) is 77.1 Å². The number of aliphatic hydroxyl groups excluding tert-OH is 1. The third kappa shape index (κ3) is 3.33. The average molecular weight is 365 g/mol. The lowest BCUT2D eigenvalue weighted by Crippen LogP contribution is -2.30. The molecule has 0 aromatic heterocycles. The Labute approximate surface area is 156 Å². The Morgan fingerprint density at radius 1 is 1.07 bits per heavy atom. The van der Waals surface area contributed by atoms with Gasteiger partial charge in [0.05, 0.1) is 23.8 Å². The van der Waals surface area contributed by atoms with Gasteiger partial charge in [0.2, 0.25) is 0 Å². The number of esters is 1. The van der Waals surface area contributed by atoms with E-state index in [2.05, 4.69) is 0 Å². The Morgan fingerprint density at radius 2 is 1.70 bits per heavy atom. The van der Waals surface area contributed by atoms with E-state index >= 15 is 0 Å². The predicted molar refractivity (Wildman–Crippen MR) is 99.4 cm³/mol. The van der Waals surface area contributed by atoms with Crippen molar-refractivity contribution in [3.63, 3.8) is 0 Å². The van der Waals surface area contributed by atoms with E-state index in [1.807, 2.05) is 6.07 Å². The molecule has 138 valence electrons. The molecule has 2 aromatic rings. The van der Waals surface area contributed by atoms with Crippen molar-refractivity contribution < 1.29 is 24.2 Å². The molecular formula is C21H19NO5. The fourth-order valence-electron chi connectivity index (χ4n) is 3.15. The van der Waals surface area contributed by atoms with Crippen LogP contribution in [0.15, 0.2) is 65.9 Å². The Hall–Kier alpha value is -3.41. The molecule has 0 unspecified atom stereocenters. The molecule has 1 N–H and O–H groups in total. The predicted octanol–water partition coefficient (Wildman–Crippen LogP) is 3.35. The summed E-state index contributed by atoms with van der Waals surface area (Å²) < 4.78 is 4.96. The molecule has 3 rings (SSSR count). The summed E-state index contributed by atoms with van der Waals surface area (Å²) in [4.78, 5) is 38.0.